The second kappa shape index (κ2) is 6.52. The zero-order chi connectivity index (χ0) is 14.8. The average molecular weight is 285 g/mol. The zero-order valence-corrected chi connectivity index (χ0v) is 13.7. The van der Waals surface area contributed by atoms with E-state index in [1.807, 2.05) is 0 Å². The molecule has 21 heavy (non-hydrogen) atoms. The van der Waals surface area contributed by atoms with Gasteiger partial charge in [0, 0.05) is 12.0 Å². The lowest BCUT2D eigenvalue weighted by Gasteiger charge is -2.37. The molecular formula is C20H31N. The first-order valence-electron chi connectivity index (χ1n) is 8.97. The third-order valence-corrected chi connectivity index (χ3v) is 6.01. The fourth-order valence-corrected chi connectivity index (χ4v) is 4.57. The van der Waals surface area contributed by atoms with Crippen LogP contribution in [0.1, 0.15) is 52.4 Å². The molecule has 0 radical (unpaired) electrons. The molecule has 1 heteroatoms. The highest BCUT2D eigenvalue weighted by molar-refractivity contribution is 5.31. The van der Waals surface area contributed by atoms with Crippen LogP contribution in [0.15, 0.2) is 36.0 Å². The second-order valence-electron chi connectivity index (χ2n) is 7.71. The van der Waals surface area contributed by atoms with Crippen LogP contribution in [0.25, 0.3) is 0 Å². The van der Waals surface area contributed by atoms with Crippen LogP contribution in [0, 0.1) is 29.6 Å². The molecular weight excluding hydrogens is 254 g/mol. The molecule has 0 spiro atoms. The Morgan fingerprint density at radius 2 is 1.95 bits per heavy atom. The van der Waals surface area contributed by atoms with Crippen LogP contribution < -0.4 is 5.73 Å². The summed E-state index contributed by atoms with van der Waals surface area (Å²) in [5, 5.41) is 0. The molecule has 1 saturated carbocycles. The molecule has 0 aromatic rings. The summed E-state index contributed by atoms with van der Waals surface area (Å²) >= 11 is 0. The van der Waals surface area contributed by atoms with Crippen molar-refractivity contribution in [3.8, 4) is 0 Å². The van der Waals surface area contributed by atoms with E-state index >= 15 is 0 Å². The third-order valence-electron chi connectivity index (χ3n) is 6.01. The minimum Gasteiger partial charge on any atom is -0.324 e. The largest absolute Gasteiger partial charge is 0.324 e. The minimum absolute atomic E-state index is 0.210. The summed E-state index contributed by atoms with van der Waals surface area (Å²) in [6.07, 6.45) is 20.0. The van der Waals surface area contributed by atoms with Crippen molar-refractivity contribution in [2.75, 3.05) is 0 Å². The summed E-state index contributed by atoms with van der Waals surface area (Å²) in [5.41, 5.74) is 8.05. The topological polar surface area (TPSA) is 26.0 Å². The lowest BCUT2D eigenvalue weighted by atomic mass is 9.69. The summed E-state index contributed by atoms with van der Waals surface area (Å²) in [6, 6.07) is 0.210. The van der Waals surface area contributed by atoms with Crippen LogP contribution in [-0.4, -0.2) is 6.04 Å². The average Bonchev–Trinajstić information content (AvgIpc) is 2.50. The first kappa shape index (κ1) is 15.1. The summed E-state index contributed by atoms with van der Waals surface area (Å²) in [4.78, 5) is 0. The molecule has 3 aliphatic carbocycles. The summed E-state index contributed by atoms with van der Waals surface area (Å²) < 4.78 is 0. The van der Waals surface area contributed by atoms with Gasteiger partial charge in [0.05, 0.1) is 0 Å². The molecule has 3 rings (SSSR count). The van der Waals surface area contributed by atoms with Gasteiger partial charge in [0.1, 0.15) is 0 Å². The van der Waals surface area contributed by atoms with Crippen molar-refractivity contribution in [3.05, 3.63) is 36.0 Å². The van der Waals surface area contributed by atoms with Crippen molar-refractivity contribution < 1.29 is 0 Å². The maximum absolute atomic E-state index is 6.53. The molecule has 1 fully saturated rings. The van der Waals surface area contributed by atoms with Crippen LogP contribution in [0.4, 0.5) is 0 Å². The van der Waals surface area contributed by atoms with Crippen molar-refractivity contribution in [2.24, 2.45) is 35.3 Å². The molecule has 0 bridgehead atoms. The van der Waals surface area contributed by atoms with E-state index in [0.717, 1.165) is 17.8 Å². The fraction of sp³-hybridized carbons (Fsp3) is 0.700. The monoisotopic (exact) mass is 285 g/mol. The van der Waals surface area contributed by atoms with Gasteiger partial charge in [-0.1, -0.05) is 50.6 Å². The van der Waals surface area contributed by atoms with E-state index in [9.17, 15) is 0 Å². The standard InChI is InChI=1S/C20H31N/c1-14-8-9-15(2)19(12-14)17-10-11-18(20(21)13-17)16-6-4-3-5-7-16/h4,6,10-11,13-16,18-20H,3,5,7-9,12,21H2,1-2H3. The molecule has 0 aromatic carbocycles. The van der Waals surface area contributed by atoms with Gasteiger partial charge in [0.15, 0.2) is 0 Å². The van der Waals surface area contributed by atoms with Gasteiger partial charge in [-0.05, 0) is 61.3 Å². The van der Waals surface area contributed by atoms with Gasteiger partial charge in [0.2, 0.25) is 0 Å². The minimum atomic E-state index is 0.210. The smallest absolute Gasteiger partial charge is 0.0299 e. The first-order valence-corrected chi connectivity index (χ1v) is 8.97. The van der Waals surface area contributed by atoms with E-state index in [2.05, 4.69) is 44.2 Å². The number of allylic oxidation sites excluding steroid dienone is 4. The SMILES string of the molecule is CC1CCC(C)C(C2=CC(N)C(C3C=CCCC3)C=C2)C1. The summed E-state index contributed by atoms with van der Waals surface area (Å²) in [5.74, 6) is 3.59. The highest BCUT2D eigenvalue weighted by Gasteiger charge is 2.31. The van der Waals surface area contributed by atoms with E-state index in [1.165, 1.54) is 44.1 Å². The molecule has 0 aromatic heterocycles. The van der Waals surface area contributed by atoms with E-state index in [-0.39, 0.29) is 6.04 Å². The Morgan fingerprint density at radius 3 is 2.67 bits per heavy atom. The maximum Gasteiger partial charge on any atom is 0.0299 e. The number of hydrogen-bond donors (Lipinski definition) is 1. The van der Waals surface area contributed by atoms with Crippen LogP contribution in [0.5, 0.6) is 0 Å². The van der Waals surface area contributed by atoms with E-state index in [0.29, 0.717) is 11.8 Å². The third kappa shape index (κ3) is 3.34. The van der Waals surface area contributed by atoms with Crippen LogP contribution in [0.2, 0.25) is 0 Å². The normalized spacial score (nSPS) is 43.7. The number of nitrogens with two attached hydrogens (primary N) is 1. The Balaban J connectivity index is 1.71. The van der Waals surface area contributed by atoms with Crippen molar-refractivity contribution in [1.82, 2.24) is 0 Å². The number of hydrogen-bond acceptors (Lipinski definition) is 1. The Hall–Kier alpha value is -0.820. The summed E-state index contributed by atoms with van der Waals surface area (Å²) in [6.45, 7) is 4.83. The van der Waals surface area contributed by atoms with E-state index in [1.54, 1.807) is 0 Å². The predicted octanol–water partition coefficient (Wildman–Crippen LogP) is 4.85. The lowest BCUT2D eigenvalue weighted by molar-refractivity contribution is 0.235. The highest BCUT2D eigenvalue weighted by Crippen LogP contribution is 2.40. The molecule has 0 aliphatic heterocycles. The molecule has 6 atom stereocenters. The second-order valence-corrected chi connectivity index (χ2v) is 7.71. The van der Waals surface area contributed by atoms with Crippen molar-refractivity contribution in [1.29, 1.82) is 0 Å². The Kier molecular flexibility index (Phi) is 4.69. The molecule has 0 heterocycles. The quantitative estimate of drug-likeness (QED) is 0.721. The van der Waals surface area contributed by atoms with E-state index < -0.39 is 0 Å². The summed E-state index contributed by atoms with van der Waals surface area (Å²) in [7, 11) is 0. The van der Waals surface area contributed by atoms with Crippen molar-refractivity contribution in [3.63, 3.8) is 0 Å². The van der Waals surface area contributed by atoms with E-state index in [4.69, 9.17) is 5.73 Å². The van der Waals surface area contributed by atoms with Gasteiger partial charge in [-0.25, -0.2) is 0 Å². The van der Waals surface area contributed by atoms with Gasteiger partial charge in [-0.15, -0.1) is 0 Å². The lowest BCUT2D eigenvalue weighted by Crippen LogP contribution is -2.35. The Morgan fingerprint density at radius 1 is 1.10 bits per heavy atom. The van der Waals surface area contributed by atoms with Crippen molar-refractivity contribution >= 4 is 0 Å². The van der Waals surface area contributed by atoms with Crippen LogP contribution >= 0.6 is 0 Å². The van der Waals surface area contributed by atoms with Crippen LogP contribution in [0.3, 0.4) is 0 Å². The Labute approximate surface area is 130 Å². The molecule has 1 nitrogen and oxygen atoms in total. The first-order chi connectivity index (χ1) is 10.1. The van der Waals surface area contributed by atoms with Crippen LogP contribution in [-0.2, 0) is 0 Å². The molecule has 3 aliphatic rings. The highest BCUT2D eigenvalue weighted by atomic mass is 14.7. The molecule has 116 valence electrons. The fourth-order valence-electron chi connectivity index (χ4n) is 4.57. The van der Waals surface area contributed by atoms with Gasteiger partial charge in [0.25, 0.3) is 0 Å². The van der Waals surface area contributed by atoms with Gasteiger partial charge in [-0.3, -0.25) is 0 Å². The van der Waals surface area contributed by atoms with Crippen molar-refractivity contribution in [2.45, 2.75) is 58.4 Å². The maximum atomic E-state index is 6.53. The Bertz CT molecular complexity index is 445. The molecule has 2 N–H and O–H groups in total. The van der Waals surface area contributed by atoms with Gasteiger partial charge in [-0.2, -0.15) is 0 Å². The zero-order valence-electron chi connectivity index (χ0n) is 13.7. The number of rotatable bonds is 2. The predicted molar refractivity (Wildman–Crippen MR) is 90.8 cm³/mol. The van der Waals surface area contributed by atoms with Gasteiger partial charge < -0.3 is 5.73 Å². The molecule has 0 amide bonds. The van der Waals surface area contributed by atoms with Gasteiger partial charge >= 0.3 is 0 Å². The molecule has 6 unspecified atom stereocenters. The molecule has 0 saturated heterocycles.